The average molecular weight is 140 g/mol. The summed E-state index contributed by atoms with van der Waals surface area (Å²) in [6.07, 6.45) is 9.25. The van der Waals surface area contributed by atoms with Crippen molar-refractivity contribution >= 4 is 0 Å². The zero-order chi connectivity index (χ0) is 8.24. The predicted molar refractivity (Wildman–Crippen MR) is 50.2 cm³/mol. The summed E-state index contributed by atoms with van der Waals surface area (Å²) in [5.41, 5.74) is 0. The largest absolute Gasteiger partial charge is 0.106 e. The molecule has 0 heteroatoms. The van der Waals surface area contributed by atoms with E-state index in [4.69, 9.17) is 0 Å². The molecule has 0 amide bonds. The highest BCUT2D eigenvalue weighted by atomic mass is 14.0. The van der Waals surface area contributed by atoms with Gasteiger partial charge in [0.25, 0.3) is 0 Å². The summed E-state index contributed by atoms with van der Waals surface area (Å²) in [6, 6.07) is 0. The molecular weight excluding hydrogens is 120 g/mol. The molecule has 10 heavy (non-hydrogen) atoms. The lowest BCUT2D eigenvalue weighted by Gasteiger charge is -1.67. The van der Waals surface area contributed by atoms with E-state index in [1.807, 2.05) is 6.92 Å². The molecule has 0 atom stereocenters. The van der Waals surface area contributed by atoms with E-state index in [-0.39, 0.29) is 0 Å². The predicted octanol–water partition coefficient (Wildman–Crippen LogP) is 3.95. The molecule has 1 saturated carbocycles. The zero-order valence-electron chi connectivity index (χ0n) is 7.23. The Morgan fingerprint density at radius 3 is 1.10 bits per heavy atom. The van der Waals surface area contributed by atoms with Crippen molar-refractivity contribution < 1.29 is 0 Å². The first-order valence-corrected chi connectivity index (χ1v) is 3.99. The fourth-order valence-electron chi connectivity index (χ4n) is 0.884. The Labute approximate surface area is 65.7 Å². The monoisotopic (exact) mass is 140 g/mol. The normalized spacial score (nSPS) is 13.7. The molecule has 0 aliphatic heterocycles. The Morgan fingerprint density at radius 2 is 1.00 bits per heavy atom. The molecule has 0 bridgehead atoms. The highest BCUT2D eigenvalue weighted by Crippen LogP contribution is 2.15. The summed E-state index contributed by atoms with van der Waals surface area (Å²) in [5, 5.41) is 0. The van der Waals surface area contributed by atoms with E-state index < -0.39 is 0 Å². The van der Waals surface area contributed by atoms with Crippen LogP contribution >= 0.6 is 0 Å². The van der Waals surface area contributed by atoms with Gasteiger partial charge in [0.05, 0.1) is 0 Å². The molecule has 0 heterocycles. The maximum atomic E-state index is 3.36. The Balaban J connectivity index is 0. The third-order valence-electron chi connectivity index (χ3n) is 1.25. The highest BCUT2D eigenvalue weighted by Gasteiger charge is 1.95. The quantitative estimate of drug-likeness (QED) is 0.447. The second-order valence-electron chi connectivity index (χ2n) is 2.18. The molecule has 1 aliphatic rings. The van der Waals surface area contributed by atoms with Crippen LogP contribution in [0.2, 0.25) is 0 Å². The van der Waals surface area contributed by atoms with Crippen molar-refractivity contribution in [2.75, 3.05) is 0 Å². The van der Waals surface area contributed by atoms with Gasteiger partial charge >= 0.3 is 0 Å². The molecule has 1 aliphatic carbocycles. The number of allylic oxidation sites excluding steroid dienone is 1. The van der Waals surface area contributed by atoms with E-state index in [0.29, 0.717) is 0 Å². The van der Waals surface area contributed by atoms with Gasteiger partial charge < -0.3 is 0 Å². The average Bonchev–Trinajstić information content (AvgIpc) is 2.48. The second kappa shape index (κ2) is 15.8. The van der Waals surface area contributed by atoms with Gasteiger partial charge in [0.15, 0.2) is 0 Å². The van der Waals surface area contributed by atoms with Gasteiger partial charge in [-0.3, -0.25) is 0 Å². The minimum Gasteiger partial charge on any atom is -0.106 e. The standard InChI is InChI=1S/C5H10.C3H6.C2H4/c1-2-4-5-3-1;1-3-2;1-2/h1-5H2;3H,1H2,2H3;1-2H2. The summed E-state index contributed by atoms with van der Waals surface area (Å²) in [6.45, 7) is 11.2. The fourth-order valence-corrected chi connectivity index (χ4v) is 0.884. The van der Waals surface area contributed by atoms with Crippen LogP contribution in [0.25, 0.3) is 0 Å². The van der Waals surface area contributed by atoms with Gasteiger partial charge in [0.2, 0.25) is 0 Å². The Bertz CT molecular complexity index is 43.4. The number of hydrogen-bond donors (Lipinski definition) is 0. The summed E-state index contributed by atoms with van der Waals surface area (Å²) in [4.78, 5) is 0. The van der Waals surface area contributed by atoms with Crippen molar-refractivity contribution in [2.45, 2.75) is 39.0 Å². The van der Waals surface area contributed by atoms with E-state index in [1.165, 1.54) is 32.1 Å². The first-order valence-electron chi connectivity index (χ1n) is 3.99. The molecule has 0 aromatic heterocycles. The summed E-state index contributed by atoms with van der Waals surface area (Å²) < 4.78 is 0. The maximum absolute atomic E-state index is 3.36. The molecule has 1 fully saturated rings. The van der Waals surface area contributed by atoms with Crippen LogP contribution in [0.3, 0.4) is 0 Å². The molecule has 0 radical (unpaired) electrons. The third kappa shape index (κ3) is 15.6. The number of hydrogen-bond acceptors (Lipinski definition) is 0. The molecular formula is C10H20. The van der Waals surface area contributed by atoms with Gasteiger partial charge in [-0.1, -0.05) is 38.2 Å². The van der Waals surface area contributed by atoms with Gasteiger partial charge in [0.1, 0.15) is 0 Å². The Kier molecular flexibility index (Phi) is 19.3. The molecule has 0 aromatic carbocycles. The Morgan fingerprint density at radius 1 is 0.900 bits per heavy atom. The topological polar surface area (TPSA) is 0 Å². The van der Waals surface area contributed by atoms with Crippen LogP contribution in [0.5, 0.6) is 0 Å². The van der Waals surface area contributed by atoms with Crippen LogP contribution in [0.15, 0.2) is 25.8 Å². The molecule has 60 valence electrons. The Hall–Kier alpha value is -0.520. The number of rotatable bonds is 0. The van der Waals surface area contributed by atoms with Crippen molar-refractivity contribution in [3.8, 4) is 0 Å². The van der Waals surface area contributed by atoms with E-state index in [2.05, 4.69) is 19.7 Å². The molecule has 1 rings (SSSR count). The molecule has 0 unspecified atom stereocenters. The van der Waals surface area contributed by atoms with E-state index in [0.717, 1.165) is 0 Å². The van der Waals surface area contributed by atoms with Gasteiger partial charge in [-0.25, -0.2) is 0 Å². The molecule has 0 saturated heterocycles. The molecule has 0 N–H and O–H groups in total. The van der Waals surface area contributed by atoms with Crippen LogP contribution in [-0.4, -0.2) is 0 Å². The SMILES string of the molecule is C1CCCC1.C=C.C=CC. The van der Waals surface area contributed by atoms with Crippen LogP contribution in [0.4, 0.5) is 0 Å². The van der Waals surface area contributed by atoms with E-state index >= 15 is 0 Å². The zero-order valence-corrected chi connectivity index (χ0v) is 7.23. The fraction of sp³-hybridized carbons (Fsp3) is 0.600. The van der Waals surface area contributed by atoms with Crippen LogP contribution < -0.4 is 0 Å². The van der Waals surface area contributed by atoms with Crippen molar-refractivity contribution in [3.05, 3.63) is 25.8 Å². The molecule has 0 spiro atoms. The van der Waals surface area contributed by atoms with E-state index in [9.17, 15) is 0 Å². The van der Waals surface area contributed by atoms with Crippen molar-refractivity contribution in [1.82, 2.24) is 0 Å². The summed E-state index contributed by atoms with van der Waals surface area (Å²) >= 11 is 0. The molecule has 0 aromatic rings. The lowest BCUT2D eigenvalue weighted by atomic mass is 10.4. The van der Waals surface area contributed by atoms with E-state index in [1.54, 1.807) is 6.08 Å². The minimum absolute atomic E-state index is 1.50. The van der Waals surface area contributed by atoms with Gasteiger partial charge in [-0.2, -0.15) is 0 Å². The van der Waals surface area contributed by atoms with Crippen LogP contribution in [0.1, 0.15) is 39.0 Å². The third-order valence-corrected chi connectivity index (χ3v) is 1.25. The first kappa shape index (κ1) is 12.2. The lowest BCUT2D eigenvalue weighted by Crippen LogP contribution is -1.47. The summed E-state index contributed by atoms with van der Waals surface area (Å²) in [5.74, 6) is 0. The minimum atomic E-state index is 1.50. The molecule has 0 nitrogen and oxygen atoms in total. The lowest BCUT2D eigenvalue weighted by molar-refractivity contribution is 0.886. The maximum Gasteiger partial charge on any atom is -0.0473 e. The van der Waals surface area contributed by atoms with Gasteiger partial charge in [-0.15, -0.1) is 19.7 Å². The van der Waals surface area contributed by atoms with Crippen molar-refractivity contribution in [1.29, 1.82) is 0 Å². The summed E-state index contributed by atoms with van der Waals surface area (Å²) in [7, 11) is 0. The smallest absolute Gasteiger partial charge is 0.0473 e. The van der Waals surface area contributed by atoms with Crippen molar-refractivity contribution in [3.63, 3.8) is 0 Å². The highest BCUT2D eigenvalue weighted by molar-refractivity contribution is 4.51. The first-order chi connectivity index (χ1) is 4.91. The van der Waals surface area contributed by atoms with Crippen LogP contribution in [-0.2, 0) is 0 Å². The van der Waals surface area contributed by atoms with Crippen molar-refractivity contribution in [2.24, 2.45) is 0 Å². The van der Waals surface area contributed by atoms with Crippen LogP contribution in [0, 0.1) is 0 Å². The van der Waals surface area contributed by atoms with Gasteiger partial charge in [0, 0.05) is 0 Å². The van der Waals surface area contributed by atoms with Gasteiger partial charge in [-0.05, 0) is 6.92 Å². The second-order valence-corrected chi connectivity index (χ2v) is 2.18.